The van der Waals surface area contributed by atoms with Gasteiger partial charge in [0.2, 0.25) is 0 Å². The number of aromatic nitrogens is 1. The molecule has 2 rings (SSSR count). The SMILES string of the molecule is NC(=S)c1ccc2c(Cl)c(Cl)cc(Cl)c2n1. The highest BCUT2D eigenvalue weighted by Crippen LogP contribution is 2.34. The summed E-state index contributed by atoms with van der Waals surface area (Å²) in [6.45, 7) is 0. The molecule has 82 valence electrons. The first-order valence-corrected chi connectivity index (χ1v) is 5.79. The third-order valence-electron chi connectivity index (χ3n) is 2.07. The van der Waals surface area contributed by atoms with Gasteiger partial charge in [-0.2, -0.15) is 0 Å². The Hall–Kier alpha value is -0.610. The molecule has 2 aromatic rings. The van der Waals surface area contributed by atoms with Gasteiger partial charge in [0, 0.05) is 5.39 Å². The second kappa shape index (κ2) is 4.34. The lowest BCUT2D eigenvalue weighted by Crippen LogP contribution is -2.11. The van der Waals surface area contributed by atoms with Crippen LogP contribution in [0.15, 0.2) is 18.2 Å². The maximum Gasteiger partial charge on any atom is 0.122 e. The van der Waals surface area contributed by atoms with Gasteiger partial charge in [0.15, 0.2) is 0 Å². The fraction of sp³-hybridized carbons (Fsp3) is 0. The molecule has 0 unspecified atom stereocenters. The van der Waals surface area contributed by atoms with Gasteiger partial charge in [-0.25, -0.2) is 4.98 Å². The normalized spacial score (nSPS) is 10.7. The van der Waals surface area contributed by atoms with E-state index >= 15 is 0 Å². The average Bonchev–Trinajstić information content (AvgIpc) is 2.25. The van der Waals surface area contributed by atoms with Gasteiger partial charge >= 0.3 is 0 Å². The van der Waals surface area contributed by atoms with E-state index in [1.807, 2.05) is 0 Å². The van der Waals surface area contributed by atoms with Crippen molar-refractivity contribution >= 4 is 62.9 Å². The molecule has 0 amide bonds. The fourth-order valence-corrected chi connectivity index (χ4v) is 2.17. The van der Waals surface area contributed by atoms with Crippen molar-refractivity contribution in [2.75, 3.05) is 0 Å². The molecule has 0 aliphatic carbocycles. The van der Waals surface area contributed by atoms with Crippen molar-refractivity contribution in [3.05, 3.63) is 39.0 Å². The molecule has 6 heteroatoms. The third-order valence-corrected chi connectivity index (χ3v) is 3.37. The minimum atomic E-state index is 0.212. The summed E-state index contributed by atoms with van der Waals surface area (Å²) in [4.78, 5) is 4.45. The van der Waals surface area contributed by atoms with E-state index in [1.165, 1.54) is 0 Å². The third kappa shape index (κ3) is 1.96. The van der Waals surface area contributed by atoms with Crippen LogP contribution in [0.3, 0.4) is 0 Å². The standard InChI is InChI=1S/C10H5Cl3N2S/c11-5-3-6(12)9-4(8(5)13)1-2-7(15-9)10(14)16/h1-3H,(H2,14,16). The molecule has 0 atom stereocenters. The predicted molar refractivity (Wildman–Crippen MR) is 72.7 cm³/mol. The number of nitrogens with zero attached hydrogens (tertiary/aromatic N) is 1. The lowest BCUT2D eigenvalue weighted by molar-refractivity contribution is 1.36. The van der Waals surface area contributed by atoms with Crippen molar-refractivity contribution in [1.82, 2.24) is 4.98 Å². The molecular formula is C10H5Cl3N2S. The van der Waals surface area contributed by atoms with Crippen molar-refractivity contribution in [2.24, 2.45) is 5.73 Å². The van der Waals surface area contributed by atoms with Gasteiger partial charge in [0.1, 0.15) is 4.99 Å². The van der Waals surface area contributed by atoms with E-state index in [-0.39, 0.29) is 4.99 Å². The molecule has 16 heavy (non-hydrogen) atoms. The number of thiocarbonyl (C=S) groups is 1. The topological polar surface area (TPSA) is 38.9 Å². The van der Waals surface area contributed by atoms with Crippen LogP contribution in [0.4, 0.5) is 0 Å². The predicted octanol–water partition coefficient (Wildman–Crippen LogP) is 3.83. The molecule has 0 fully saturated rings. The van der Waals surface area contributed by atoms with Gasteiger partial charge in [-0.1, -0.05) is 47.0 Å². The van der Waals surface area contributed by atoms with Crippen LogP contribution in [0.1, 0.15) is 5.69 Å². The molecule has 2 nitrogen and oxygen atoms in total. The largest absolute Gasteiger partial charge is 0.388 e. The molecule has 0 saturated carbocycles. The molecule has 0 aliphatic heterocycles. The van der Waals surface area contributed by atoms with Crippen molar-refractivity contribution in [3.8, 4) is 0 Å². The van der Waals surface area contributed by atoms with Crippen LogP contribution in [0.25, 0.3) is 10.9 Å². The summed E-state index contributed by atoms with van der Waals surface area (Å²) in [6.07, 6.45) is 0. The molecule has 0 saturated heterocycles. The highest BCUT2D eigenvalue weighted by Gasteiger charge is 2.10. The Balaban J connectivity index is 2.84. The highest BCUT2D eigenvalue weighted by atomic mass is 35.5. The van der Waals surface area contributed by atoms with Crippen molar-refractivity contribution in [3.63, 3.8) is 0 Å². The summed E-state index contributed by atoms with van der Waals surface area (Å²) in [5.41, 5.74) is 6.54. The number of fused-ring (bicyclic) bond motifs is 1. The number of benzene rings is 1. The Kier molecular flexibility index (Phi) is 3.22. The monoisotopic (exact) mass is 290 g/mol. The van der Waals surface area contributed by atoms with Crippen molar-refractivity contribution < 1.29 is 0 Å². The van der Waals surface area contributed by atoms with Gasteiger partial charge < -0.3 is 5.73 Å². The van der Waals surface area contributed by atoms with E-state index in [0.717, 1.165) is 0 Å². The fourth-order valence-electron chi connectivity index (χ4n) is 1.33. The van der Waals surface area contributed by atoms with Crippen LogP contribution in [-0.4, -0.2) is 9.97 Å². The van der Waals surface area contributed by atoms with E-state index in [1.54, 1.807) is 18.2 Å². The van der Waals surface area contributed by atoms with Crippen molar-refractivity contribution in [1.29, 1.82) is 0 Å². The number of nitrogens with two attached hydrogens (primary N) is 1. The lowest BCUT2D eigenvalue weighted by Gasteiger charge is -2.06. The molecule has 0 aliphatic rings. The van der Waals surface area contributed by atoms with Crippen molar-refractivity contribution in [2.45, 2.75) is 0 Å². The minimum absolute atomic E-state index is 0.212. The molecule has 0 radical (unpaired) electrons. The zero-order valence-corrected chi connectivity index (χ0v) is 10.9. The Morgan fingerprint density at radius 2 is 1.88 bits per heavy atom. The molecule has 1 heterocycles. The first kappa shape index (κ1) is 11.9. The molecule has 0 spiro atoms. The Labute approximate surface area is 112 Å². The highest BCUT2D eigenvalue weighted by molar-refractivity contribution is 7.80. The van der Waals surface area contributed by atoms with Gasteiger partial charge in [-0.3, -0.25) is 0 Å². The molecule has 1 aromatic carbocycles. The zero-order valence-electron chi connectivity index (χ0n) is 7.80. The van der Waals surface area contributed by atoms with Crippen LogP contribution in [0.5, 0.6) is 0 Å². The summed E-state index contributed by atoms with van der Waals surface area (Å²) in [5.74, 6) is 0. The smallest absolute Gasteiger partial charge is 0.122 e. The number of pyridine rings is 1. The van der Waals surface area contributed by atoms with Crippen LogP contribution < -0.4 is 5.73 Å². The molecule has 1 aromatic heterocycles. The Morgan fingerprint density at radius 3 is 2.50 bits per heavy atom. The van der Waals surface area contributed by atoms with E-state index < -0.39 is 0 Å². The van der Waals surface area contributed by atoms with E-state index in [4.69, 9.17) is 52.8 Å². The average molecular weight is 292 g/mol. The first-order valence-electron chi connectivity index (χ1n) is 4.24. The number of rotatable bonds is 1. The first-order chi connectivity index (χ1) is 7.50. The second-order valence-corrected chi connectivity index (χ2v) is 4.74. The summed E-state index contributed by atoms with van der Waals surface area (Å²) in [7, 11) is 0. The quantitative estimate of drug-likeness (QED) is 0.641. The summed E-state index contributed by atoms with van der Waals surface area (Å²) in [6, 6.07) is 4.98. The summed E-state index contributed by atoms with van der Waals surface area (Å²) >= 11 is 22.8. The Morgan fingerprint density at radius 1 is 1.19 bits per heavy atom. The number of hydrogen-bond donors (Lipinski definition) is 1. The Bertz CT molecular complexity index is 598. The van der Waals surface area contributed by atoms with Crippen LogP contribution in [0, 0.1) is 0 Å². The maximum atomic E-state index is 6.04. The molecule has 0 bridgehead atoms. The van der Waals surface area contributed by atoms with E-state index in [9.17, 15) is 0 Å². The summed E-state index contributed by atoms with van der Waals surface area (Å²) in [5, 5.41) is 1.91. The second-order valence-electron chi connectivity index (χ2n) is 3.11. The van der Waals surface area contributed by atoms with Crippen LogP contribution >= 0.6 is 47.0 Å². The van der Waals surface area contributed by atoms with Gasteiger partial charge in [-0.15, -0.1) is 0 Å². The maximum absolute atomic E-state index is 6.04. The van der Waals surface area contributed by atoms with Gasteiger partial charge in [0.25, 0.3) is 0 Å². The minimum Gasteiger partial charge on any atom is -0.388 e. The molecule has 2 N–H and O–H groups in total. The van der Waals surface area contributed by atoms with Gasteiger partial charge in [0.05, 0.1) is 26.3 Å². The van der Waals surface area contributed by atoms with Gasteiger partial charge in [-0.05, 0) is 18.2 Å². The van der Waals surface area contributed by atoms with Crippen LogP contribution in [-0.2, 0) is 0 Å². The zero-order chi connectivity index (χ0) is 11.9. The lowest BCUT2D eigenvalue weighted by atomic mass is 10.2. The summed E-state index contributed by atoms with van der Waals surface area (Å²) < 4.78 is 0. The van der Waals surface area contributed by atoms with E-state index in [2.05, 4.69) is 4.98 Å². The van der Waals surface area contributed by atoms with E-state index in [0.29, 0.717) is 31.7 Å². The molecular weight excluding hydrogens is 287 g/mol. The number of hydrogen-bond acceptors (Lipinski definition) is 2. The number of halogens is 3. The van der Waals surface area contributed by atoms with Crippen LogP contribution in [0.2, 0.25) is 15.1 Å².